The number of hydrogen-bond donors (Lipinski definition) is 1. The van der Waals surface area contributed by atoms with Crippen molar-refractivity contribution in [3.63, 3.8) is 0 Å². The minimum absolute atomic E-state index is 0.0414. The minimum Gasteiger partial charge on any atom is -0.302 e. The summed E-state index contributed by atoms with van der Waals surface area (Å²) in [6.45, 7) is 6.86. The van der Waals surface area contributed by atoms with Crippen LogP contribution < -0.4 is 5.56 Å². The smallest absolute Gasteiger partial charge is 0.277 e. The van der Waals surface area contributed by atoms with Crippen LogP contribution >= 0.6 is 0 Å². The predicted molar refractivity (Wildman–Crippen MR) is 95.5 cm³/mol. The molecule has 0 saturated carbocycles. The number of aromatic nitrogens is 2. The van der Waals surface area contributed by atoms with Crippen LogP contribution in [0.15, 0.2) is 28.0 Å². The third-order valence-corrected chi connectivity index (χ3v) is 6.91. The number of benzene rings is 1. The monoisotopic (exact) mass is 376 g/mol. The van der Waals surface area contributed by atoms with Gasteiger partial charge >= 0.3 is 0 Å². The van der Waals surface area contributed by atoms with Crippen LogP contribution in [0.25, 0.3) is 0 Å². The topological polar surface area (TPSA) is 106 Å². The van der Waals surface area contributed by atoms with Gasteiger partial charge in [-0.15, -0.1) is 0 Å². The standard InChI is InChI=1S/C18H20N2O5S/c1-5-20-17(23)12(8-19-20)15(21)11-6-7-13-14(10(11)2)16(22)18(3,4)9-26(13,24)25/h6-8,19H,5,9H2,1-4H3. The molecule has 7 nitrogen and oxygen atoms in total. The maximum Gasteiger partial charge on any atom is 0.277 e. The average molecular weight is 376 g/mol. The average Bonchev–Trinajstić information content (AvgIpc) is 2.92. The number of rotatable bonds is 3. The van der Waals surface area contributed by atoms with Gasteiger partial charge in [-0.25, -0.2) is 8.42 Å². The highest BCUT2D eigenvalue weighted by Gasteiger charge is 2.44. The number of nitrogens with one attached hydrogen (secondary N) is 1. The SMILES string of the molecule is CCn1[nH]cc(C(=O)c2ccc3c(c2C)C(=O)C(C)(C)CS3(=O)=O)c1=O. The van der Waals surface area contributed by atoms with E-state index >= 15 is 0 Å². The van der Waals surface area contributed by atoms with Crippen molar-refractivity contribution in [3.8, 4) is 0 Å². The lowest BCUT2D eigenvalue weighted by molar-refractivity contribution is 0.0851. The molecular weight excluding hydrogens is 356 g/mol. The van der Waals surface area contributed by atoms with E-state index in [9.17, 15) is 22.8 Å². The molecule has 2 heterocycles. The van der Waals surface area contributed by atoms with E-state index in [2.05, 4.69) is 5.10 Å². The number of aryl methyl sites for hydroxylation is 1. The van der Waals surface area contributed by atoms with E-state index < -0.39 is 26.6 Å². The zero-order valence-corrected chi connectivity index (χ0v) is 15.9. The first-order valence-corrected chi connectivity index (χ1v) is 9.90. The molecule has 0 spiro atoms. The number of aromatic amines is 1. The Morgan fingerprint density at radius 3 is 2.46 bits per heavy atom. The first-order chi connectivity index (χ1) is 12.0. The van der Waals surface area contributed by atoms with Crippen LogP contribution in [0, 0.1) is 12.3 Å². The van der Waals surface area contributed by atoms with E-state index in [4.69, 9.17) is 0 Å². The first-order valence-electron chi connectivity index (χ1n) is 8.25. The number of nitrogens with zero attached hydrogens (tertiary/aromatic N) is 1. The van der Waals surface area contributed by atoms with Crippen molar-refractivity contribution in [2.75, 3.05) is 5.75 Å². The Labute approximate surface area is 150 Å². The molecular formula is C18H20N2O5S. The summed E-state index contributed by atoms with van der Waals surface area (Å²) in [5.41, 5.74) is -1.06. The Hall–Kier alpha value is -2.48. The maximum absolute atomic E-state index is 12.8. The van der Waals surface area contributed by atoms with Gasteiger partial charge in [0.2, 0.25) is 0 Å². The van der Waals surface area contributed by atoms with Gasteiger partial charge in [-0.05, 0) is 31.5 Å². The van der Waals surface area contributed by atoms with Gasteiger partial charge in [-0.3, -0.25) is 19.1 Å². The third kappa shape index (κ3) is 2.56. The number of hydrogen-bond acceptors (Lipinski definition) is 5. The van der Waals surface area contributed by atoms with Crippen LogP contribution in [0.1, 0.15) is 52.6 Å². The molecule has 0 amide bonds. The summed E-state index contributed by atoms with van der Waals surface area (Å²) in [5, 5.41) is 2.71. The summed E-state index contributed by atoms with van der Waals surface area (Å²) in [5.74, 6) is -1.11. The fourth-order valence-electron chi connectivity index (χ4n) is 3.38. The van der Waals surface area contributed by atoms with E-state index in [1.165, 1.54) is 23.0 Å². The van der Waals surface area contributed by atoms with Gasteiger partial charge in [0.1, 0.15) is 5.56 Å². The number of carbonyl (C=O) groups is 2. The highest BCUT2D eigenvalue weighted by atomic mass is 32.2. The van der Waals surface area contributed by atoms with Crippen LogP contribution in [0.4, 0.5) is 0 Å². The lowest BCUT2D eigenvalue weighted by Crippen LogP contribution is -2.39. The van der Waals surface area contributed by atoms with Gasteiger partial charge in [0.15, 0.2) is 21.4 Å². The quantitative estimate of drug-likeness (QED) is 0.821. The molecule has 0 aliphatic carbocycles. The van der Waals surface area contributed by atoms with Crippen molar-refractivity contribution in [1.82, 2.24) is 9.78 Å². The Morgan fingerprint density at radius 2 is 1.88 bits per heavy atom. The van der Waals surface area contributed by atoms with Crippen LogP contribution in [-0.4, -0.2) is 35.5 Å². The largest absolute Gasteiger partial charge is 0.302 e. The van der Waals surface area contributed by atoms with Gasteiger partial charge in [0, 0.05) is 29.3 Å². The maximum atomic E-state index is 12.8. The molecule has 0 saturated heterocycles. The van der Waals surface area contributed by atoms with Gasteiger partial charge in [0.05, 0.1) is 10.6 Å². The second-order valence-corrected chi connectivity index (χ2v) is 9.11. The predicted octanol–water partition coefficient (Wildman–Crippen LogP) is 1.73. The van der Waals surface area contributed by atoms with Crippen LogP contribution in [-0.2, 0) is 16.4 Å². The van der Waals surface area contributed by atoms with E-state index in [1.54, 1.807) is 27.7 Å². The molecule has 138 valence electrons. The number of H-pyrrole nitrogens is 1. The van der Waals surface area contributed by atoms with Crippen molar-refractivity contribution in [1.29, 1.82) is 0 Å². The second kappa shape index (κ2) is 5.77. The Bertz CT molecular complexity index is 1100. The highest BCUT2D eigenvalue weighted by Crippen LogP contribution is 2.38. The number of Topliss-reactive ketones (excluding diaryl/α,β-unsaturated/α-hetero) is 1. The number of sulfone groups is 1. The van der Waals surface area contributed by atoms with Crippen molar-refractivity contribution >= 4 is 21.4 Å². The number of ketones is 2. The van der Waals surface area contributed by atoms with Gasteiger partial charge < -0.3 is 5.10 Å². The molecule has 0 atom stereocenters. The molecule has 0 radical (unpaired) electrons. The molecule has 0 fully saturated rings. The number of fused-ring (bicyclic) bond motifs is 1. The molecule has 0 bridgehead atoms. The summed E-state index contributed by atoms with van der Waals surface area (Å²) in [4.78, 5) is 37.9. The third-order valence-electron chi connectivity index (χ3n) is 4.80. The molecule has 2 aromatic rings. The molecule has 1 aromatic carbocycles. The molecule has 8 heteroatoms. The molecule has 0 unspecified atom stereocenters. The zero-order valence-electron chi connectivity index (χ0n) is 15.0. The van der Waals surface area contributed by atoms with Crippen molar-refractivity contribution in [2.45, 2.75) is 39.1 Å². The highest BCUT2D eigenvalue weighted by molar-refractivity contribution is 7.91. The minimum atomic E-state index is -3.62. The fraction of sp³-hybridized carbons (Fsp3) is 0.389. The lowest BCUT2D eigenvalue weighted by Gasteiger charge is -2.30. The second-order valence-electron chi connectivity index (χ2n) is 7.15. The van der Waals surface area contributed by atoms with Crippen molar-refractivity contribution in [3.05, 3.63) is 50.9 Å². The molecule has 3 rings (SSSR count). The summed E-state index contributed by atoms with van der Waals surface area (Å²) in [6, 6.07) is 2.67. The summed E-state index contributed by atoms with van der Waals surface area (Å²) >= 11 is 0. The van der Waals surface area contributed by atoms with Gasteiger partial charge in [-0.1, -0.05) is 13.8 Å². The van der Waals surface area contributed by atoms with Crippen LogP contribution in [0.2, 0.25) is 0 Å². The fourth-order valence-corrected chi connectivity index (χ4v) is 5.45. The summed E-state index contributed by atoms with van der Waals surface area (Å²) in [7, 11) is -3.62. The summed E-state index contributed by atoms with van der Waals surface area (Å²) < 4.78 is 26.4. The number of carbonyl (C=O) groups excluding carboxylic acids is 2. The van der Waals surface area contributed by atoms with Gasteiger partial charge in [0.25, 0.3) is 5.56 Å². The van der Waals surface area contributed by atoms with Crippen molar-refractivity contribution in [2.24, 2.45) is 5.41 Å². The van der Waals surface area contributed by atoms with Crippen LogP contribution in [0.3, 0.4) is 0 Å². The lowest BCUT2D eigenvalue weighted by atomic mass is 9.82. The zero-order chi connectivity index (χ0) is 19.4. The van der Waals surface area contributed by atoms with E-state index in [1.807, 2.05) is 0 Å². The first kappa shape index (κ1) is 18.3. The molecule has 26 heavy (non-hydrogen) atoms. The van der Waals surface area contributed by atoms with E-state index in [0.29, 0.717) is 6.54 Å². The Kier molecular flexibility index (Phi) is 4.06. The van der Waals surface area contributed by atoms with Crippen molar-refractivity contribution < 1.29 is 18.0 Å². The molecule has 1 aliphatic rings. The van der Waals surface area contributed by atoms with E-state index in [-0.39, 0.29) is 38.7 Å². The van der Waals surface area contributed by atoms with E-state index in [0.717, 1.165) is 0 Å². The summed E-state index contributed by atoms with van der Waals surface area (Å²) in [6.07, 6.45) is 1.33. The normalized spacial score (nSPS) is 17.8. The Morgan fingerprint density at radius 1 is 1.23 bits per heavy atom. The molecule has 1 aliphatic heterocycles. The molecule has 1 aromatic heterocycles. The van der Waals surface area contributed by atoms with Gasteiger partial charge in [-0.2, -0.15) is 0 Å². The Balaban J connectivity index is 2.23. The molecule has 1 N–H and O–H groups in total. The van der Waals surface area contributed by atoms with Crippen LogP contribution in [0.5, 0.6) is 0 Å².